The van der Waals surface area contributed by atoms with Gasteiger partial charge in [-0.25, -0.2) is 4.68 Å². The Hall–Kier alpha value is -3.20. The number of carbonyl (C=O) groups is 1. The molecule has 1 heterocycles. The highest BCUT2D eigenvalue weighted by Gasteiger charge is 2.16. The number of nitrogens with two attached hydrogens (primary N) is 1. The molecule has 3 rings (SSSR count). The minimum Gasteiger partial charge on any atom is -0.493 e. The lowest BCUT2D eigenvalue weighted by atomic mass is 10.2. The molecule has 8 nitrogen and oxygen atoms in total. The first kappa shape index (κ1) is 19.6. The van der Waals surface area contributed by atoms with Crippen LogP contribution in [0.1, 0.15) is 5.56 Å². The van der Waals surface area contributed by atoms with Crippen molar-refractivity contribution < 1.29 is 14.3 Å². The van der Waals surface area contributed by atoms with Gasteiger partial charge in [0.15, 0.2) is 17.3 Å². The fourth-order valence-electron chi connectivity index (χ4n) is 2.51. The maximum absolute atomic E-state index is 12.2. The Morgan fingerprint density at radius 2 is 1.82 bits per heavy atom. The zero-order valence-electron chi connectivity index (χ0n) is 15.8. The number of aryl methyl sites for hydroxylation is 1. The molecule has 146 valence electrons. The number of thioether (sulfide) groups is 1. The van der Waals surface area contributed by atoms with Crippen molar-refractivity contribution in [1.82, 2.24) is 14.9 Å². The van der Waals surface area contributed by atoms with Crippen molar-refractivity contribution in [1.29, 1.82) is 0 Å². The van der Waals surface area contributed by atoms with Crippen LogP contribution in [0.3, 0.4) is 0 Å². The average Bonchev–Trinajstić information content (AvgIpc) is 3.08. The minimum absolute atomic E-state index is 0.149. The Bertz CT molecular complexity index is 972. The Morgan fingerprint density at radius 3 is 2.50 bits per heavy atom. The van der Waals surface area contributed by atoms with Crippen molar-refractivity contribution >= 4 is 23.4 Å². The number of aromatic nitrogens is 3. The maximum atomic E-state index is 12.2. The predicted octanol–water partition coefficient (Wildman–Crippen LogP) is 2.72. The maximum Gasteiger partial charge on any atom is 0.234 e. The van der Waals surface area contributed by atoms with Crippen LogP contribution in [-0.2, 0) is 4.79 Å². The molecule has 0 saturated carbocycles. The molecule has 3 aromatic rings. The standard InChI is InChI=1S/C19H21N5O3S/c1-12-4-7-14(8-5-12)21-17(25)11-28-19-23-22-18(24(19)20)13-6-9-15(26-2)16(10-13)27-3/h4-10H,11,20H2,1-3H3,(H,21,25). The zero-order chi connectivity index (χ0) is 20.1. The van der Waals surface area contributed by atoms with Gasteiger partial charge >= 0.3 is 0 Å². The molecule has 0 radical (unpaired) electrons. The van der Waals surface area contributed by atoms with Crippen LogP contribution < -0.4 is 20.6 Å². The molecule has 3 N–H and O–H groups in total. The Balaban J connectivity index is 1.67. The zero-order valence-corrected chi connectivity index (χ0v) is 16.6. The Kier molecular flexibility index (Phi) is 6.05. The van der Waals surface area contributed by atoms with Gasteiger partial charge in [0.25, 0.3) is 0 Å². The fraction of sp³-hybridized carbons (Fsp3) is 0.211. The summed E-state index contributed by atoms with van der Waals surface area (Å²) in [6.45, 7) is 1.99. The Morgan fingerprint density at radius 1 is 1.11 bits per heavy atom. The van der Waals surface area contributed by atoms with Crippen LogP contribution in [-0.4, -0.2) is 40.8 Å². The summed E-state index contributed by atoms with van der Waals surface area (Å²) < 4.78 is 11.9. The van der Waals surface area contributed by atoms with Crippen molar-refractivity contribution in [2.45, 2.75) is 12.1 Å². The molecule has 0 aliphatic heterocycles. The summed E-state index contributed by atoms with van der Waals surface area (Å²) >= 11 is 1.21. The quantitative estimate of drug-likeness (QED) is 0.465. The monoisotopic (exact) mass is 399 g/mol. The molecule has 0 spiro atoms. The molecule has 0 aliphatic carbocycles. The van der Waals surface area contributed by atoms with E-state index in [9.17, 15) is 4.79 Å². The SMILES string of the molecule is COc1ccc(-c2nnc(SCC(=O)Nc3ccc(C)cc3)n2N)cc1OC. The van der Waals surface area contributed by atoms with Gasteiger partial charge in [0.1, 0.15) is 0 Å². The van der Waals surface area contributed by atoms with E-state index in [1.54, 1.807) is 26.4 Å². The van der Waals surface area contributed by atoms with Crippen molar-refractivity contribution in [2.24, 2.45) is 0 Å². The third-order valence-corrected chi connectivity index (χ3v) is 4.92. The second kappa shape index (κ2) is 8.66. The molecular weight excluding hydrogens is 378 g/mol. The van der Waals surface area contributed by atoms with Crippen LogP contribution in [0.25, 0.3) is 11.4 Å². The first-order valence-electron chi connectivity index (χ1n) is 8.44. The third-order valence-electron chi connectivity index (χ3n) is 3.97. The predicted molar refractivity (Wildman–Crippen MR) is 109 cm³/mol. The molecule has 1 amide bonds. The topological polar surface area (TPSA) is 104 Å². The molecular formula is C19H21N5O3S. The van der Waals surface area contributed by atoms with Gasteiger partial charge in [-0.05, 0) is 37.3 Å². The average molecular weight is 399 g/mol. The lowest BCUT2D eigenvalue weighted by Gasteiger charge is -2.09. The van der Waals surface area contributed by atoms with E-state index in [1.165, 1.54) is 16.4 Å². The molecule has 0 atom stereocenters. The van der Waals surface area contributed by atoms with Gasteiger partial charge in [-0.3, -0.25) is 4.79 Å². The highest BCUT2D eigenvalue weighted by Crippen LogP contribution is 2.32. The summed E-state index contributed by atoms with van der Waals surface area (Å²) in [4.78, 5) is 12.2. The van der Waals surface area contributed by atoms with Crippen molar-refractivity contribution in [3.8, 4) is 22.9 Å². The second-order valence-corrected chi connectivity index (χ2v) is 6.89. The molecule has 0 saturated heterocycles. The number of nitrogens with one attached hydrogen (secondary N) is 1. The Labute approximate surface area is 167 Å². The van der Waals surface area contributed by atoms with E-state index in [0.29, 0.717) is 22.5 Å². The minimum atomic E-state index is -0.149. The van der Waals surface area contributed by atoms with E-state index < -0.39 is 0 Å². The van der Waals surface area contributed by atoms with Crippen LogP contribution in [0.4, 0.5) is 5.69 Å². The molecule has 9 heteroatoms. The van der Waals surface area contributed by atoms with Crippen LogP contribution in [0.5, 0.6) is 11.5 Å². The molecule has 2 aromatic carbocycles. The highest BCUT2D eigenvalue weighted by molar-refractivity contribution is 7.99. The molecule has 0 unspecified atom stereocenters. The third kappa shape index (κ3) is 4.37. The molecule has 0 aliphatic rings. The first-order valence-corrected chi connectivity index (χ1v) is 9.42. The fourth-order valence-corrected chi connectivity index (χ4v) is 3.17. The van der Waals surface area contributed by atoms with E-state index in [1.807, 2.05) is 37.3 Å². The first-order chi connectivity index (χ1) is 13.5. The second-order valence-electron chi connectivity index (χ2n) is 5.95. The van der Waals surface area contributed by atoms with Crippen molar-refractivity contribution in [2.75, 3.05) is 31.1 Å². The number of nitrogen functional groups attached to an aromatic ring is 1. The number of ether oxygens (including phenoxy) is 2. The summed E-state index contributed by atoms with van der Waals surface area (Å²) in [6, 6.07) is 12.9. The van der Waals surface area contributed by atoms with Crippen LogP contribution in [0.15, 0.2) is 47.6 Å². The van der Waals surface area contributed by atoms with E-state index in [2.05, 4.69) is 15.5 Å². The number of amides is 1. The van der Waals surface area contributed by atoms with Gasteiger partial charge in [-0.1, -0.05) is 29.5 Å². The van der Waals surface area contributed by atoms with E-state index in [-0.39, 0.29) is 11.7 Å². The lowest BCUT2D eigenvalue weighted by molar-refractivity contribution is -0.113. The number of benzene rings is 2. The summed E-state index contributed by atoms with van der Waals surface area (Å²) in [5.74, 6) is 7.77. The van der Waals surface area contributed by atoms with Crippen molar-refractivity contribution in [3.05, 3.63) is 48.0 Å². The van der Waals surface area contributed by atoms with Gasteiger partial charge in [-0.2, -0.15) is 0 Å². The van der Waals surface area contributed by atoms with Crippen molar-refractivity contribution in [3.63, 3.8) is 0 Å². The summed E-state index contributed by atoms with van der Waals surface area (Å²) in [5.41, 5.74) is 2.60. The summed E-state index contributed by atoms with van der Waals surface area (Å²) in [7, 11) is 3.13. The highest BCUT2D eigenvalue weighted by atomic mass is 32.2. The number of hydrogen-bond donors (Lipinski definition) is 2. The van der Waals surface area contributed by atoms with Gasteiger partial charge < -0.3 is 20.6 Å². The number of nitrogens with zero attached hydrogens (tertiary/aromatic N) is 3. The smallest absolute Gasteiger partial charge is 0.234 e. The number of rotatable bonds is 7. The van der Waals surface area contributed by atoms with E-state index in [4.69, 9.17) is 15.3 Å². The van der Waals surface area contributed by atoms with E-state index >= 15 is 0 Å². The van der Waals surface area contributed by atoms with Gasteiger partial charge in [0.2, 0.25) is 11.1 Å². The largest absolute Gasteiger partial charge is 0.493 e. The number of methoxy groups -OCH3 is 2. The number of anilines is 1. The van der Waals surface area contributed by atoms with Gasteiger partial charge in [0.05, 0.1) is 20.0 Å². The molecule has 0 fully saturated rings. The lowest BCUT2D eigenvalue weighted by Crippen LogP contribution is -2.16. The van der Waals surface area contributed by atoms with Gasteiger partial charge in [0, 0.05) is 11.3 Å². The number of hydrogen-bond acceptors (Lipinski definition) is 7. The normalized spacial score (nSPS) is 10.5. The van der Waals surface area contributed by atoms with Crippen LogP contribution in [0.2, 0.25) is 0 Å². The summed E-state index contributed by atoms with van der Waals surface area (Å²) in [5, 5.41) is 11.5. The summed E-state index contributed by atoms with van der Waals surface area (Å²) in [6.07, 6.45) is 0. The van der Waals surface area contributed by atoms with E-state index in [0.717, 1.165) is 16.8 Å². The number of carbonyl (C=O) groups excluding carboxylic acids is 1. The van der Waals surface area contributed by atoms with Gasteiger partial charge in [-0.15, -0.1) is 10.2 Å². The molecule has 1 aromatic heterocycles. The molecule has 28 heavy (non-hydrogen) atoms. The van der Waals surface area contributed by atoms with Crippen LogP contribution in [0, 0.1) is 6.92 Å². The molecule has 0 bridgehead atoms. The van der Waals surface area contributed by atoms with Crippen LogP contribution >= 0.6 is 11.8 Å².